The second kappa shape index (κ2) is 9.40. The summed E-state index contributed by atoms with van der Waals surface area (Å²) in [6.45, 7) is 10.8. The first kappa shape index (κ1) is 17.5. The third-order valence-corrected chi connectivity index (χ3v) is 2.97. The van der Waals surface area contributed by atoms with E-state index in [1.54, 1.807) is 7.05 Å². The molecule has 0 atom stereocenters. The summed E-state index contributed by atoms with van der Waals surface area (Å²) in [4.78, 5) is 4.22. The predicted molar refractivity (Wildman–Crippen MR) is 89.4 cm³/mol. The van der Waals surface area contributed by atoms with Gasteiger partial charge in [0.2, 0.25) is 0 Å². The fourth-order valence-electron chi connectivity index (χ4n) is 1.72. The zero-order valence-electron chi connectivity index (χ0n) is 13.9. The summed E-state index contributed by atoms with van der Waals surface area (Å²) in [6.07, 6.45) is 0.265. The molecule has 0 aliphatic heterocycles. The van der Waals surface area contributed by atoms with E-state index in [1.165, 1.54) is 11.1 Å². The van der Waals surface area contributed by atoms with Crippen molar-refractivity contribution < 1.29 is 4.74 Å². The zero-order chi connectivity index (χ0) is 15.7. The molecule has 4 heteroatoms. The summed E-state index contributed by atoms with van der Waals surface area (Å²) < 4.78 is 5.59. The van der Waals surface area contributed by atoms with Crippen molar-refractivity contribution in [1.82, 2.24) is 10.6 Å². The van der Waals surface area contributed by atoms with Gasteiger partial charge in [0.1, 0.15) is 0 Å². The van der Waals surface area contributed by atoms with Gasteiger partial charge >= 0.3 is 0 Å². The topological polar surface area (TPSA) is 45.7 Å². The number of hydrogen-bond donors (Lipinski definition) is 2. The molecule has 0 fully saturated rings. The average molecular weight is 291 g/mol. The van der Waals surface area contributed by atoms with Crippen LogP contribution in [0.25, 0.3) is 0 Å². The first-order chi connectivity index (χ1) is 10.0. The summed E-state index contributed by atoms with van der Waals surface area (Å²) >= 11 is 0. The van der Waals surface area contributed by atoms with Crippen LogP contribution in [0.5, 0.6) is 0 Å². The van der Waals surface area contributed by atoms with Crippen molar-refractivity contribution in [2.45, 2.75) is 47.0 Å². The van der Waals surface area contributed by atoms with Crippen molar-refractivity contribution in [3.63, 3.8) is 0 Å². The highest BCUT2D eigenvalue weighted by Gasteiger charge is 2.01. The Labute approximate surface area is 129 Å². The molecule has 0 spiro atoms. The molecule has 0 saturated heterocycles. The maximum Gasteiger partial charge on any atom is 0.191 e. The van der Waals surface area contributed by atoms with E-state index < -0.39 is 0 Å². The molecule has 0 heterocycles. The van der Waals surface area contributed by atoms with E-state index in [9.17, 15) is 0 Å². The highest BCUT2D eigenvalue weighted by atomic mass is 16.5. The molecule has 0 amide bonds. The van der Waals surface area contributed by atoms with Crippen LogP contribution < -0.4 is 10.6 Å². The molecule has 0 aliphatic carbocycles. The molecule has 0 saturated carbocycles. The van der Waals surface area contributed by atoms with E-state index in [2.05, 4.69) is 53.7 Å². The van der Waals surface area contributed by atoms with Crippen molar-refractivity contribution in [1.29, 1.82) is 0 Å². The molecular weight excluding hydrogens is 262 g/mol. The maximum absolute atomic E-state index is 5.59. The Hall–Kier alpha value is -1.55. The standard InChI is InChI=1S/C17H29N3O/c1-13(2)10-19-17(18-5)20-11-15-6-8-16(9-7-15)12-21-14(3)4/h6-9,13-14H,10-12H2,1-5H3,(H2,18,19,20). The highest BCUT2D eigenvalue weighted by molar-refractivity contribution is 5.79. The van der Waals surface area contributed by atoms with Crippen molar-refractivity contribution in [2.75, 3.05) is 13.6 Å². The van der Waals surface area contributed by atoms with Crippen LogP contribution in [0, 0.1) is 5.92 Å². The van der Waals surface area contributed by atoms with Crippen LogP contribution in [-0.4, -0.2) is 25.7 Å². The van der Waals surface area contributed by atoms with Gasteiger partial charge in [0, 0.05) is 20.1 Å². The zero-order valence-corrected chi connectivity index (χ0v) is 13.9. The monoisotopic (exact) mass is 291 g/mol. The molecule has 0 unspecified atom stereocenters. The van der Waals surface area contributed by atoms with Crippen LogP contribution in [0.15, 0.2) is 29.3 Å². The lowest BCUT2D eigenvalue weighted by molar-refractivity contribution is 0.0657. The Bertz CT molecular complexity index is 424. The van der Waals surface area contributed by atoms with E-state index in [0.717, 1.165) is 19.0 Å². The normalized spacial score (nSPS) is 12.0. The fourth-order valence-corrected chi connectivity index (χ4v) is 1.72. The van der Waals surface area contributed by atoms with Gasteiger partial charge in [-0.25, -0.2) is 0 Å². The van der Waals surface area contributed by atoms with Crippen LogP contribution in [-0.2, 0) is 17.9 Å². The van der Waals surface area contributed by atoms with Crippen LogP contribution >= 0.6 is 0 Å². The largest absolute Gasteiger partial charge is 0.374 e. The van der Waals surface area contributed by atoms with Gasteiger partial charge in [-0.3, -0.25) is 4.99 Å². The number of hydrogen-bond acceptors (Lipinski definition) is 2. The number of ether oxygens (including phenoxy) is 1. The van der Waals surface area contributed by atoms with Crippen molar-refractivity contribution in [3.05, 3.63) is 35.4 Å². The van der Waals surface area contributed by atoms with Gasteiger partial charge in [0.25, 0.3) is 0 Å². The Morgan fingerprint density at radius 1 is 1.05 bits per heavy atom. The summed E-state index contributed by atoms with van der Waals surface area (Å²) in [5.41, 5.74) is 2.44. The number of guanidine groups is 1. The second-order valence-electron chi connectivity index (χ2n) is 5.88. The lowest BCUT2D eigenvalue weighted by Gasteiger charge is -2.13. The lowest BCUT2D eigenvalue weighted by atomic mass is 10.1. The second-order valence-corrected chi connectivity index (χ2v) is 5.88. The summed E-state index contributed by atoms with van der Waals surface area (Å²) in [6, 6.07) is 8.48. The molecule has 4 nitrogen and oxygen atoms in total. The molecule has 0 aromatic heterocycles. The number of benzene rings is 1. The molecule has 118 valence electrons. The van der Waals surface area contributed by atoms with Crippen LogP contribution in [0.4, 0.5) is 0 Å². The fraction of sp³-hybridized carbons (Fsp3) is 0.588. The predicted octanol–water partition coefficient (Wildman–Crippen LogP) is 2.93. The summed E-state index contributed by atoms with van der Waals surface area (Å²) in [5, 5.41) is 6.62. The van der Waals surface area contributed by atoms with Gasteiger partial charge in [-0.15, -0.1) is 0 Å². The van der Waals surface area contributed by atoms with Gasteiger partial charge in [0.05, 0.1) is 12.7 Å². The van der Waals surface area contributed by atoms with Crippen LogP contribution in [0.1, 0.15) is 38.8 Å². The van der Waals surface area contributed by atoms with E-state index in [-0.39, 0.29) is 6.10 Å². The van der Waals surface area contributed by atoms with Crippen molar-refractivity contribution in [2.24, 2.45) is 10.9 Å². The Kier molecular flexibility index (Phi) is 7.83. The molecule has 0 bridgehead atoms. The van der Waals surface area contributed by atoms with E-state index in [1.807, 2.05) is 13.8 Å². The van der Waals surface area contributed by atoms with Gasteiger partial charge in [-0.2, -0.15) is 0 Å². The minimum absolute atomic E-state index is 0.265. The third kappa shape index (κ3) is 7.71. The Morgan fingerprint density at radius 3 is 2.19 bits per heavy atom. The first-order valence-electron chi connectivity index (χ1n) is 7.65. The molecule has 1 aromatic rings. The molecule has 2 N–H and O–H groups in total. The van der Waals surface area contributed by atoms with Crippen LogP contribution in [0.3, 0.4) is 0 Å². The molecule has 1 rings (SSSR count). The molecular formula is C17H29N3O. The first-order valence-corrected chi connectivity index (χ1v) is 7.65. The smallest absolute Gasteiger partial charge is 0.191 e. The minimum atomic E-state index is 0.265. The summed E-state index contributed by atoms with van der Waals surface area (Å²) in [5.74, 6) is 1.44. The van der Waals surface area contributed by atoms with Gasteiger partial charge in [0.15, 0.2) is 5.96 Å². The molecule has 0 aliphatic rings. The number of nitrogens with one attached hydrogen (secondary N) is 2. The number of rotatable bonds is 7. The van der Waals surface area contributed by atoms with E-state index in [0.29, 0.717) is 12.5 Å². The quantitative estimate of drug-likeness (QED) is 0.600. The van der Waals surface area contributed by atoms with Crippen LogP contribution in [0.2, 0.25) is 0 Å². The average Bonchev–Trinajstić information content (AvgIpc) is 2.46. The minimum Gasteiger partial charge on any atom is -0.374 e. The van der Waals surface area contributed by atoms with E-state index >= 15 is 0 Å². The Morgan fingerprint density at radius 2 is 1.67 bits per heavy atom. The SMILES string of the molecule is CN=C(NCc1ccc(COC(C)C)cc1)NCC(C)C. The maximum atomic E-state index is 5.59. The Balaban J connectivity index is 2.41. The third-order valence-electron chi connectivity index (χ3n) is 2.97. The van der Waals surface area contributed by atoms with Crippen molar-refractivity contribution in [3.8, 4) is 0 Å². The van der Waals surface area contributed by atoms with Gasteiger partial charge in [-0.1, -0.05) is 38.1 Å². The summed E-state index contributed by atoms with van der Waals surface area (Å²) in [7, 11) is 1.79. The van der Waals surface area contributed by atoms with E-state index in [4.69, 9.17) is 4.74 Å². The number of aliphatic imine (C=N–C) groups is 1. The molecule has 21 heavy (non-hydrogen) atoms. The van der Waals surface area contributed by atoms with Gasteiger partial charge in [-0.05, 0) is 30.9 Å². The highest BCUT2D eigenvalue weighted by Crippen LogP contribution is 2.07. The lowest BCUT2D eigenvalue weighted by Crippen LogP contribution is -2.38. The molecule has 1 aromatic carbocycles. The number of nitrogens with zero attached hydrogens (tertiary/aromatic N) is 1. The van der Waals surface area contributed by atoms with Crippen molar-refractivity contribution >= 4 is 5.96 Å². The molecule has 0 radical (unpaired) electrons. The van der Waals surface area contributed by atoms with Gasteiger partial charge < -0.3 is 15.4 Å².